The predicted molar refractivity (Wildman–Crippen MR) is 68.6 cm³/mol. The van der Waals surface area contributed by atoms with Crippen molar-refractivity contribution in [3.8, 4) is 0 Å². The van der Waals surface area contributed by atoms with E-state index in [-0.39, 0.29) is 12.0 Å². The molecule has 16 heavy (non-hydrogen) atoms. The van der Waals surface area contributed by atoms with Crippen LogP contribution in [0.1, 0.15) is 25.8 Å². The van der Waals surface area contributed by atoms with E-state index in [1.165, 1.54) is 5.56 Å². The average molecular weight is 242 g/mol. The van der Waals surface area contributed by atoms with Gasteiger partial charge < -0.3 is 10.4 Å². The first kappa shape index (κ1) is 13.5. The zero-order chi connectivity index (χ0) is 12.0. The van der Waals surface area contributed by atoms with E-state index < -0.39 is 0 Å². The lowest BCUT2D eigenvalue weighted by Crippen LogP contribution is -2.29. The SMILES string of the molecule is CC(C)(CCO)CNCc1ccc(Cl)cc1. The normalized spacial score (nSPS) is 11.8. The first-order chi connectivity index (χ1) is 7.53. The molecule has 0 spiro atoms. The number of aliphatic hydroxyl groups excluding tert-OH is 1. The van der Waals surface area contributed by atoms with Gasteiger partial charge in [0.05, 0.1) is 0 Å². The summed E-state index contributed by atoms with van der Waals surface area (Å²) in [4.78, 5) is 0. The lowest BCUT2D eigenvalue weighted by Gasteiger charge is -2.23. The molecule has 0 atom stereocenters. The van der Waals surface area contributed by atoms with E-state index in [2.05, 4.69) is 19.2 Å². The van der Waals surface area contributed by atoms with E-state index in [0.29, 0.717) is 0 Å². The minimum absolute atomic E-state index is 0.140. The van der Waals surface area contributed by atoms with Gasteiger partial charge in [-0.05, 0) is 29.5 Å². The van der Waals surface area contributed by atoms with Crippen LogP contribution in [0.2, 0.25) is 5.02 Å². The molecule has 0 heterocycles. The van der Waals surface area contributed by atoms with E-state index >= 15 is 0 Å². The third-order valence-corrected chi connectivity index (χ3v) is 2.89. The van der Waals surface area contributed by atoms with Crippen molar-refractivity contribution in [1.82, 2.24) is 5.32 Å². The summed E-state index contributed by atoms with van der Waals surface area (Å²) in [6.07, 6.45) is 0.820. The van der Waals surface area contributed by atoms with Crippen LogP contribution < -0.4 is 5.32 Å². The van der Waals surface area contributed by atoms with Crippen LogP contribution >= 0.6 is 11.6 Å². The molecule has 0 aromatic heterocycles. The summed E-state index contributed by atoms with van der Waals surface area (Å²) in [5, 5.41) is 13.1. The van der Waals surface area contributed by atoms with Crippen molar-refractivity contribution in [3.05, 3.63) is 34.9 Å². The highest BCUT2D eigenvalue weighted by molar-refractivity contribution is 6.30. The number of aliphatic hydroxyl groups is 1. The largest absolute Gasteiger partial charge is 0.396 e. The maximum atomic E-state index is 8.91. The second-order valence-electron chi connectivity index (χ2n) is 4.87. The van der Waals surface area contributed by atoms with Crippen molar-refractivity contribution < 1.29 is 5.11 Å². The Morgan fingerprint density at radius 3 is 2.44 bits per heavy atom. The van der Waals surface area contributed by atoms with E-state index in [1.54, 1.807) is 0 Å². The van der Waals surface area contributed by atoms with Gasteiger partial charge in [0.15, 0.2) is 0 Å². The molecule has 0 bridgehead atoms. The van der Waals surface area contributed by atoms with Crippen LogP contribution in [0, 0.1) is 5.41 Å². The first-order valence-corrected chi connectivity index (χ1v) is 5.97. The van der Waals surface area contributed by atoms with Crippen molar-refractivity contribution in [2.45, 2.75) is 26.8 Å². The van der Waals surface area contributed by atoms with Crippen LogP contribution in [0.3, 0.4) is 0 Å². The molecule has 0 radical (unpaired) electrons. The highest BCUT2D eigenvalue weighted by Gasteiger charge is 2.15. The average Bonchev–Trinajstić information content (AvgIpc) is 2.20. The number of benzene rings is 1. The Kier molecular flexibility index (Phi) is 5.26. The van der Waals surface area contributed by atoms with Crippen LogP contribution in [-0.2, 0) is 6.54 Å². The molecule has 1 aromatic rings. The van der Waals surface area contributed by atoms with E-state index in [9.17, 15) is 0 Å². The Hall–Kier alpha value is -0.570. The fourth-order valence-electron chi connectivity index (χ4n) is 1.54. The second-order valence-corrected chi connectivity index (χ2v) is 5.30. The zero-order valence-electron chi connectivity index (χ0n) is 9.96. The standard InChI is InChI=1S/C13H20ClNO/c1-13(2,7-8-16)10-15-9-11-3-5-12(14)6-4-11/h3-6,15-16H,7-10H2,1-2H3. The molecule has 2 nitrogen and oxygen atoms in total. The molecule has 0 amide bonds. The summed E-state index contributed by atoms with van der Waals surface area (Å²) in [6, 6.07) is 7.84. The van der Waals surface area contributed by atoms with Gasteiger partial charge >= 0.3 is 0 Å². The Morgan fingerprint density at radius 1 is 1.25 bits per heavy atom. The van der Waals surface area contributed by atoms with E-state index in [4.69, 9.17) is 16.7 Å². The highest BCUT2D eigenvalue weighted by atomic mass is 35.5. The first-order valence-electron chi connectivity index (χ1n) is 5.59. The summed E-state index contributed by atoms with van der Waals surface area (Å²) in [7, 11) is 0. The number of halogens is 1. The minimum atomic E-state index is 0.140. The quantitative estimate of drug-likeness (QED) is 0.803. The molecular weight excluding hydrogens is 222 g/mol. The van der Waals surface area contributed by atoms with Crippen molar-refractivity contribution in [2.75, 3.05) is 13.2 Å². The minimum Gasteiger partial charge on any atom is -0.396 e. The molecule has 0 saturated heterocycles. The van der Waals surface area contributed by atoms with Gasteiger partial charge in [0.1, 0.15) is 0 Å². The third-order valence-electron chi connectivity index (χ3n) is 2.63. The fourth-order valence-corrected chi connectivity index (χ4v) is 1.66. The highest BCUT2D eigenvalue weighted by Crippen LogP contribution is 2.18. The Morgan fingerprint density at radius 2 is 1.88 bits per heavy atom. The number of nitrogens with one attached hydrogen (secondary N) is 1. The summed E-state index contributed by atoms with van der Waals surface area (Å²) in [5.41, 5.74) is 1.37. The van der Waals surface area contributed by atoms with Gasteiger partial charge in [-0.15, -0.1) is 0 Å². The van der Waals surface area contributed by atoms with E-state index in [0.717, 1.165) is 24.5 Å². The van der Waals surface area contributed by atoms with Crippen LogP contribution in [0.15, 0.2) is 24.3 Å². The van der Waals surface area contributed by atoms with Gasteiger partial charge in [-0.1, -0.05) is 37.6 Å². The third kappa shape index (κ3) is 4.97. The Labute approximate surface area is 103 Å². The molecule has 0 aliphatic heterocycles. The summed E-state index contributed by atoms with van der Waals surface area (Å²) in [5.74, 6) is 0. The number of hydrogen-bond donors (Lipinski definition) is 2. The van der Waals surface area contributed by atoms with Gasteiger partial charge in [0.2, 0.25) is 0 Å². The van der Waals surface area contributed by atoms with Crippen LogP contribution in [0.5, 0.6) is 0 Å². The van der Waals surface area contributed by atoms with Crippen molar-refractivity contribution in [3.63, 3.8) is 0 Å². The number of hydrogen-bond acceptors (Lipinski definition) is 2. The molecule has 1 aromatic carbocycles. The van der Waals surface area contributed by atoms with Crippen LogP contribution in [0.25, 0.3) is 0 Å². The van der Waals surface area contributed by atoms with Crippen LogP contribution in [-0.4, -0.2) is 18.3 Å². The van der Waals surface area contributed by atoms with Crippen molar-refractivity contribution in [1.29, 1.82) is 0 Å². The van der Waals surface area contributed by atoms with Crippen LogP contribution in [0.4, 0.5) is 0 Å². The van der Waals surface area contributed by atoms with Gasteiger partial charge in [0.25, 0.3) is 0 Å². The predicted octanol–water partition coefficient (Wildman–Crippen LogP) is 2.84. The molecule has 1 rings (SSSR count). The summed E-state index contributed by atoms with van der Waals surface area (Å²) in [6.45, 7) is 6.29. The molecular formula is C13H20ClNO. The fraction of sp³-hybridized carbons (Fsp3) is 0.538. The number of rotatable bonds is 6. The van der Waals surface area contributed by atoms with Gasteiger partial charge in [0, 0.05) is 24.7 Å². The topological polar surface area (TPSA) is 32.3 Å². The lowest BCUT2D eigenvalue weighted by molar-refractivity contribution is 0.207. The molecule has 90 valence electrons. The Balaban J connectivity index is 2.32. The molecule has 2 N–H and O–H groups in total. The van der Waals surface area contributed by atoms with E-state index in [1.807, 2.05) is 24.3 Å². The maximum absolute atomic E-state index is 8.91. The molecule has 0 unspecified atom stereocenters. The zero-order valence-corrected chi connectivity index (χ0v) is 10.7. The lowest BCUT2D eigenvalue weighted by atomic mass is 9.90. The Bertz CT molecular complexity index is 308. The second kappa shape index (κ2) is 6.24. The van der Waals surface area contributed by atoms with Gasteiger partial charge in [-0.2, -0.15) is 0 Å². The molecule has 0 fully saturated rings. The monoisotopic (exact) mass is 241 g/mol. The van der Waals surface area contributed by atoms with Gasteiger partial charge in [-0.25, -0.2) is 0 Å². The smallest absolute Gasteiger partial charge is 0.0436 e. The molecule has 0 aliphatic rings. The summed E-state index contributed by atoms with van der Waals surface area (Å²) < 4.78 is 0. The maximum Gasteiger partial charge on any atom is 0.0436 e. The molecule has 0 aliphatic carbocycles. The summed E-state index contributed by atoms with van der Waals surface area (Å²) >= 11 is 5.81. The molecule has 3 heteroatoms. The van der Waals surface area contributed by atoms with Crippen molar-refractivity contribution >= 4 is 11.6 Å². The molecule has 0 saturated carbocycles. The van der Waals surface area contributed by atoms with Crippen molar-refractivity contribution in [2.24, 2.45) is 5.41 Å². The van der Waals surface area contributed by atoms with Gasteiger partial charge in [-0.3, -0.25) is 0 Å².